The Morgan fingerprint density at radius 3 is 2.35 bits per heavy atom. The van der Waals surface area contributed by atoms with E-state index >= 15 is 0 Å². The Hall–Kier alpha value is -0.0800. The fraction of sp³-hybridized carbons (Fsp3) is 1.00. The first kappa shape index (κ1) is 12.0. The maximum Gasteiger partial charge on any atom is 0.0247 e. The molecule has 1 heterocycles. The second-order valence-corrected chi connectivity index (χ2v) is 6.80. The van der Waals surface area contributed by atoms with E-state index in [9.17, 15) is 0 Å². The highest BCUT2D eigenvalue weighted by atomic mass is 15.3. The summed E-state index contributed by atoms with van der Waals surface area (Å²) in [5, 5.41) is 3.82. The van der Waals surface area contributed by atoms with Gasteiger partial charge < -0.3 is 5.32 Å². The van der Waals surface area contributed by atoms with Crippen LogP contribution in [0.3, 0.4) is 0 Å². The number of nitrogens with zero attached hydrogens (tertiary/aromatic N) is 1. The average molecular weight is 236 g/mol. The SMILES string of the molecule is CC(C)C1CNC(C2CC2)CN1C1CCCC1. The molecule has 1 N–H and O–H groups in total. The lowest BCUT2D eigenvalue weighted by Gasteiger charge is -2.46. The van der Waals surface area contributed by atoms with E-state index in [1.165, 1.54) is 51.6 Å². The van der Waals surface area contributed by atoms with Crippen LogP contribution in [-0.4, -0.2) is 36.1 Å². The summed E-state index contributed by atoms with van der Waals surface area (Å²) < 4.78 is 0. The topological polar surface area (TPSA) is 15.3 Å². The maximum absolute atomic E-state index is 3.82. The Morgan fingerprint density at radius 2 is 1.76 bits per heavy atom. The number of hydrogen-bond donors (Lipinski definition) is 1. The van der Waals surface area contributed by atoms with Crippen molar-refractivity contribution >= 4 is 0 Å². The predicted molar refractivity (Wildman–Crippen MR) is 72.1 cm³/mol. The third-order valence-corrected chi connectivity index (χ3v) is 5.18. The summed E-state index contributed by atoms with van der Waals surface area (Å²) in [6.45, 7) is 7.35. The molecule has 2 saturated carbocycles. The van der Waals surface area contributed by atoms with Gasteiger partial charge in [-0.05, 0) is 37.5 Å². The summed E-state index contributed by atoms with van der Waals surface area (Å²) in [6.07, 6.45) is 8.80. The van der Waals surface area contributed by atoms with Crippen molar-refractivity contribution in [3.05, 3.63) is 0 Å². The fourth-order valence-electron chi connectivity index (χ4n) is 3.91. The van der Waals surface area contributed by atoms with Gasteiger partial charge in [0.05, 0.1) is 0 Å². The first-order valence-electron chi connectivity index (χ1n) is 7.75. The van der Waals surface area contributed by atoms with E-state index in [2.05, 4.69) is 24.1 Å². The molecule has 3 aliphatic rings. The van der Waals surface area contributed by atoms with Crippen LogP contribution in [0.5, 0.6) is 0 Å². The summed E-state index contributed by atoms with van der Waals surface area (Å²) in [5.74, 6) is 1.80. The first-order valence-corrected chi connectivity index (χ1v) is 7.75. The molecule has 0 radical (unpaired) electrons. The van der Waals surface area contributed by atoms with Gasteiger partial charge >= 0.3 is 0 Å². The van der Waals surface area contributed by atoms with Crippen LogP contribution in [0.15, 0.2) is 0 Å². The number of hydrogen-bond acceptors (Lipinski definition) is 2. The highest BCUT2D eigenvalue weighted by Gasteiger charge is 2.40. The van der Waals surface area contributed by atoms with Gasteiger partial charge in [-0.25, -0.2) is 0 Å². The lowest BCUT2D eigenvalue weighted by Crippen LogP contribution is -2.61. The zero-order valence-corrected chi connectivity index (χ0v) is 11.5. The van der Waals surface area contributed by atoms with Crippen LogP contribution in [0.25, 0.3) is 0 Å². The number of nitrogens with one attached hydrogen (secondary N) is 1. The summed E-state index contributed by atoms with van der Waals surface area (Å²) in [7, 11) is 0. The molecule has 2 aliphatic carbocycles. The van der Waals surface area contributed by atoms with Crippen LogP contribution in [0.2, 0.25) is 0 Å². The van der Waals surface area contributed by atoms with Gasteiger partial charge in [0.15, 0.2) is 0 Å². The van der Waals surface area contributed by atoms with Crippen molar-refractivity contribution in [2.45, 2.75) is 70.5 Å². The quantitative estimate of drug-likeness (QED) is 0.810. The van der Waals surface area contributed by atoms with Crippen LogP contribution in [0, 0.1) is 11.8 Å². The molecule has 0 spiro atoms. The Balaban J connectivity index is 1.68. The summed E-state index contributed by atoms with van der Waals surface area (Å²) in [4.78, 5) is 2.89. The van der Waals surface area contributed by atoms with Crippen LogP contribution in [0.4, 0.5) is 0 Å². The van der Waals surface area contributed by atoms with Crippen molar-refractivity contribution in [2.75, 3.05) is 13.1 Å². The lowest BCUT2D eigenvalue weighted by molar-refractivity contribution is 0.0530. The third kappa shape index (κ3) is 2.53. The second kappa shape index (κ2) is 4.89. The van der Waals surface area contributed by atoms with Crippen molar-refractivity contribution in [1.29, 1.82) is 0 Å². The van der Waals surface area contributed by atoms with Crippen molar-refractivity contribution in [2.24, 2.45) is 11.8 Å². The van der Waals surface area contributed by atoms with Crippen molar-refractivity contribution in [3.8, 4) is 0 Å². The number of rotatable bonds is 3. The van der Waals surface area contributed by atoms with Crippen molar-refractivity contribution in [3.63, 3.8) is 0 Å². The molecule has 0 aromatic rings. The first-order chi connectivity index (χ1) is 8.25. The minimum absolute atomic E-state index is 0.785. The molecular formula is C15H28N2. The molecule has 0 aromatic heterocycles. The Bertz CT molecular complexity index is 254. The highest BCUT2D eigenvalue weighted by Crippen LogP contribution is 2.36. The highest BCUT2D eigenvalue weighted by molar-refractivity contribution is 4.97. The van der Waals surface area contributed by atoms with E-state index in [0.717, 1.165) is 30.0 Å². The Kier molecular flexibility index (Phi) is 3.45. The molecule has 2 unspecified atom stereocenters. The molecule has 0 amide bonds. The molecule has 1 saturated heterocycles. The molecule has 3 fully saturated rings. The number of piperazine rings is 1. The van der Waals surface area contributed by atoms with E-state index in [1.807, 2.05) is 0 Å². The van der Waals surface area contributed by atoms with Gasteiger partial charge in [-0.3, -0.25) is 4.90 Å². The molecule has 0 aromatic carbocycles. The van der Waals surface area contributed by atoms with Gasteiger partial charge in [0.25, 0.3) is 0 Å². The van der Waals surface area contributed by atoms with E-state index < -0.39 is 0 Å². The summed E-state index contributed by atoms with van der Waals surface area (Å²) >= 11 is 0. The van der Waals surface area contributed by atoms with Crippen LogP contribution < -0.4 is 5.32 Å². The normalized spacial score (nSPS) is 36.9. The van der Waals surface area contributed by atoms with Crippen molar-refractivity contribution in [1.82, 2.24) is 10.2 Å². The largest absolute Gasteiger partial charge is 0.311 e. The van der Waals surface area contributed by atoms with Gasteiger partial charge in [-0.15, -0.1) is 0 Å². The van der Waals surface area contributed by atoms with Gasteiger partial charge in [-0.1, -0.05) is 26.7 Å². The van der Waals surface area contributed by atoms with Gasteiger partial charge in [0.2, 0.25) is 0 Å². The zero-order chi connectivity index (χ0) is 11.8. The fourth-order valence-corrected chi connectivity index (χ4v) is 3.91. The molecule has 17 heavy (non-hydrogen) atoms. The monoisotopic (exact) mass is 236 g/mol. The predicted octanol–water partition coefficient (Wildman–Crippen LogP) is 2.64. The Morgan fingerprint density at radius 1 is 1.06 bits per heavy atom. The molecular weight excluding hydrogens is 208 g/mol. The molecule has 3 rings (SSSR count). The van der Waals surface area contributed by atoms with Gasteiger partial charge in [0.1, 0.15) is 0 Å². The van der Waals surface area contributed by atoms with Crippen LogP contribution in [-0.2, 0) is 0 Å². The van der Waals surface area contributed by atoms with Gasteiger partial charge in [-0.2, -0.15) is 0 Å². The Labute approximate surface area is 106 Å². The van der Waals surface area contributed by atoms with Crippen molar-refractivity contribution < 1.29 is 0 Å². The summed E-state index contributed by atoms with van der Waals surface area (Å²) in [6, 6.07) is 2.50. The van der Waals surface area contributed by atoms with E-state index in [0.29, 0.717) is 0 Å². The summed E-state index contributed by atoms with van der Waals surface area (Å²) in [5.41, 5.74) is 0. The molecule has 2 atom stereocenters. The van der Waals surface area contributed by atoms with Crippen LogP contribution >= 0.6 is 0 Å². The van der Waals surface area contributed by atoms with Crippen LogP contribution in [0.1, 0.15) is 52.4 Å². The average Bonchev–Trinajstić information content (AvgIpc) is 3.04. The minimum atomic E-state index is 0.785. The molecule has 2 heteroatoms. The van der Waals surface area contributed by atoms with E-state index in [1.54, 1.807) is 0 Å². The standard InChI is InChI=1S/C15H28N2/c1-11(2)15-9-16-14(12-7-8-12)10-17(15)13-5-3-4-6-13/h11-16H,3-10H2,1-2H3. The molecule has 98 valence electrons. The molecule has 2 nitrogen and oxygen atoms in total. The smallest absolute Gasteiger partial charge is 0.0247 e. The third-order valence-electron chi connectivity index (χ3n) is 5.18. The molecule has 0 bridgehead atoms. The van der Waals surface area contributed by atoms with E-state index in [-0.39, 0.29) is 0 Å². The maximum atomic E-state index is 3.82. The zero-order valence-electron chi connectivity index (χ0n) is 11.5. The second-order valence-electron chi connectivity index (χ2n) is 6.80. The van der Waals surface area contributed by atoms with Gasteiger partial charge in [0, 0.05) is 31.2 Å². The van der Waals surface area contributed by atoms with E-state index in [4.69, 9.17) is 0 Å². The lowest BCUT2D eigenvalue weighted by atomic mass is 9.94. The minimum Gasteiger partial charge on any atom is -0.311 e. The molecule has 1 aliphatic heterocycles.